The van der Waals surface area contributed by atoms with Crippen LogP contribution in [0.3, 0.4) is 0 Å². The largest absolute Gasteiger partial charge is 0.380 e. The lowest BCUT2D eigenvalue weighted by molar-refractivity contribution is 0.0996. The monoisotopic (exact) mass is 358 g/mol. The predicted molar refractivity (Wildman–Crippen MR) is 97.3 cm³/mol. The van der Waals surface area contributed by atoms with Gasteiger partial charge < -0.3 is 9.30 Å². The number of carbonyl (C=O) groups is 1. The number of ether oxygens (including phenoxy) is 1. The molecule has 0 N–H and O–H groups in total. The van der Waals surface area contributed by atoms with Crippen LogP contribution in [0.15, 0.2) is 47.5 Å². The quantitative estimate of drug-likeness (QED) is 0.649. The summed E-state index contributed by atoms with van der Waals surface area (Å²) < 4.78 is 21.6. The third-order valence-corrected chi connectivity index (χ3v) is 4.85. The number of nitrogens with zero attached hydrogens (tertiary/aromatic N) is 2. The minimum atomic E-state index is -0.308. The highest BCUT2D eigenvalue weighted by Crippen LogP contribution is 2.19. The smallest absolute Gasteiger partial charge is 0.279 e. The van der Waals surface area contributed by atoms with Crippen molar-refractivity contribution >= 4 is 27.5 Å². The van der Waals surface area contributed by atoms with Crippen molar-refractivity contribution in [1.82, 2.24) is 4.57 Å². The average Bonchev–Trinajstić information content (AvgIpc) is 2.92. The molecule has 4 nitrogen and oxygen atoms in total. The zero-order valence-corrected chi connectivity index (χ0v) is 15.0. The van der Waals surface area contributed by atoms with Crippen LogP contribution in [0.25, 0.3) is 10.2 Å². The molecular weight excluding hydrogens is 339 g/mol. The van der Waals surface area contributed by atoms with Gasteiger partial charge in [-0.15, -0.1) is 0 Å². The fourth-order valence-corrected chi connectivity index (χ4v) is 3.58. The first-order valence-electron chi connectivity index (χ1n) is 8.11. The molecule has 0 bridgehead atoms. The van der Waals surface area contributed by atoms with Gasteiger partial charge >= 0.3 is 0 Å². The number of aryl methyl sites for hydroxylation is 1. The molecule has 0 saturated carbocycles. The summed E-state index contributed by atoms with van der Waals surface area (Å²) in [4.78, 5) is 17.3. The molecule has 1 heterocycles. The highest BCUT2D eigenvalue weighted by molar-refractivity contribution is 7.16. The van der Waals surface area contributed by atoms with E-state index in [2.05, 4.69) is 4.99 Å². The van der Waals surface area contributed by atoms with Crippen molar-refractivity contribution in [2.75, 3.05) is 13.2 Å². The lowest BCUT2D eigenvalue weighted by Gasteiger charge is -2.05. The molecule has 0 fully saturated rings. The number of carbonyl (C=O) groups excluding carboxylic acids is 1. The third-order valence-electron chi connectivity index (χ3n) is 3.80. The Hall–Kier alpha value is -2.31. The summed E-state index contributed by atoms with van der Waals surface area (Å²) in [6.45, 7) is 5.57. The first-order chi connectivity index (χ1) is 12.1. The topological polar surface area (TPSA) is 43.6 Å². The molecule has 2 aromatic carbocycles. The molecule has 130 valence electrons. The number of hydrogen-bond acceptors (Lipinski definition) is 3. The molecule has 0 saturated heterocycles. The molecule has 0 unspecified atom stereocenters. The number of aromatic nitrogens is 1. The van der Waals surface area contributed by atoms with E-state index >= 15 is 0 Å². The zero-order chi connectivity index (χ0) is 17.8. The van der Waals surface area contributed by atoms with Crippen LogP contribution in [-0.4, -0.2) is 23.7 Å². The maximum absolute atomic E-state index is 13.5. The molecule has 0 aliphatic rings. The van der Waals surface area contributed by atoms with Gasteiger partial charge in [-0.1, -0.05) is 29.0 Å². The Morgan fingerprint density at radius 2 is 2.00 bits per heavy atom. The maximum atomic E-state index is 13.5. The van der Waals surface area contributed by atoms with Crippen LogP contribution >= 0.6 is 11.3 Å². The van der Waals surface area contributed by atoms with Crippen LogP contribution in [0.5, 0.6) is 0 Å². The van der Waals surface area contributed by atoms with Crippen molar-refractivity contribution in [2.24, 2.45) is 4.99 Å². The third kappa shape index (κ3) is 4.03. The van der Waals surface area contributed by atoms with Gasteiger partial charge in [0.1, 0.15) is 5.82 Å². The summed E-state index contributed by atoms with van der Waals surface area (Å²) in [5.74, 6) is -0.612. The zero-order valence-electron chi connectivity index (χ0n) is 14.2. The molecule has 0 aliphatic carbocycles. The number of rotatable bonds is 5. The van der Waals surface area contributed by atoms with Gasteiger partial charge in [0, 0.05) is 18.7 Å². The van der Waals surface area contributed by atoms with E-state index in [1.807, 2.05) is 30.5 Å². The number of hydrogen-bond donors (Lipinski definition) is 0. The normalized spacial score (nSPS) is 12.0. The van der Waals surface area contributed by atoms with Crippen LogP contribution < -0.4 is 4.80 Å². The number of amides is 1. The molecule has 0 radical (unpaired) electrons. The molecule has 1 aromatic heterocycles. The summed E-state index contributed by atoms with van der Waals surface area (Å²) in [5, 5.41) is 0. The van der Waals surface area contributed by atoms with E-state index in [4.69, 9.17) is 4.74 Å². The van der Waals surface area contributed by atoms with E-state index in [-0.39, 0.29) is 11.7 Å². The van der Waals surface area contributed by atoms with Crippen molar-refractivity contribution in [2.45, 2.75) is 20.4 Å². The second-order valence-electron chi connectivity index (χ2n) is 5.63. The SMILES string of the molecule is CCOCCn1c(=NC(=O)c2ccc(C)cc2)sc2cc(F)ccc21. The molecule has 25 heavy (non-hydrogen) atoms. The van der Waals surface area contributed by atoms with Crippen molar-refractivity contribution in [3.8, 4) is 0 Å². The van der Waals surface area contributed by atoms with E-state index < -0.39 is 0 Å². The van der Waals surface area contributed by atoms with Crippen molar-refractivity contribution in [1.29, 1.82) is 0 Å². The van der Waals surface area contributed by atoms with E-state index in [0.29, 0.717) is 30.1 Å². The van der Waals surface area contributed by atoms with Gasteiger partial charge in [0.15, 0.2) is 4.80 Å². The van der Waals surface area contributed by atoms with Crippen LogP contribution in [0.4, 0.5) is 4.39 Å². The van der Waals surface area contributed by atoms with Gasteiger partial charge in [0.05, 0.1) is 16.8 Å². The number of halogens is 1. The summed E-state index contributed by atoms with van der Waals surface area (Å²) in [7, 11) is 0. The van der Waals surface area contributed by atoms with E-state index in [1.165, 1.54) is 23.5 Å². The summed E-state index contributed by atoms with van der Waals surface area (Å²) in [5.41, 5.74) is 2.47. The molecule has 0 spiro atoms. The molecule has 6 heteroatoms. The van der Waals surface area contributed by atoms with Crippen LogP contribution in [0.2, 0.25) is 0 Å². The van der Waals surface area contributed by atoms with Gasteiger partial charge in [-0.25, -0.2) is 4.39 Å². The molecule has 1 amide bonds. The Morgan fingerprint density at radius 1 is 1.24 bits per heavy atom. The first-order valence-corrected chi connectivity index (χ1v) is 8.92. The molecule has 3 aromatic rings. The van der Waals surface area contributed by atoms with Crippen LogP contribution in [0, 0.1) is 12.7 Å². The lowest BCUT2D eigenvalue weighted by atomic mass is 10.1. The van der Waals surface area contributed by atoms with E-state index in [9.17, 15) is 9.18 Å². The van der Waals surface area contributed by atoms with E-state index in [1.54, 1.807) is 18.2 Å². The highest BCUT2D eigenvalue weighted by Gasteiger charge is 2.10. The summed E-state index contributed by atoms with van der Waals surface area (Å²) in [6, 6.07) is 11.9. The Balaban J connectivity index is 2.04. The number of fused-ring (bicyclic) bond motifs is 1. The Kier molecular flexibility index (Phi) is 5.40. The van der Waals surface area contributed by atoms with Crippen LogP contribution in [0.1, 0.15) is 22.8 Å². The number of benzene rings is 2. The van der Waals surface area contributed by atoms with Crippen LogP contribution in [-0.2, 0) is 11.3 Å². The Bertz CT molecular complexity index is 958. The number of thiazole rings is 1. The molecular formula is C19H19FN2O2S. The standard InChI is InChI=1S/C19H19FN2O2S/c1-3-24-11-10-22-16-9-8-15(20)12-17(16)25-19(22)21-18(23)14-6-4-13(2)5-7-14/h4-9,12H,3,10-11H2,1-2H3. The van der Waals surface area contributed by atoms with Crippen molar-refractivity contribution in [3.63, 3.8) is 0 Å². The Morgan fingerprint density at radius 3 is 2.72 bits per heavy atom. The van der Waals surface area contributed by atoms with Gasteiger partial charge in [-0.05, 0) is 44.2 Å². The van der Waals surface area contributed by atoms with Gasteiger partial charge in [0.25, 0.3) is 5.91 Å². The maximum Gasteiger partial charge on any atom is 0.279 e. The second-order valence-corrected chi connectivity index (χ2v) is 6.64. The molecule has 3 rings (SSSR count). The minimum absolute atomic E-state index is 0.304. The fourth-order valence-electron chi connectivity index (χ4n) is 2.50. The minimum Gasteiger partial charge on any atom is -0.380 e. The predicted octanol–water partition coefficient (Wildman–Crippen LogP) is 3.93. The second kappa shape index (κ2) is 7.72. The van der Waals surface area contributed by atoms with Gasteiger partial charge in [-0.3, -0.25) is 4.79 Å². The summed E-state index contributed by atoms with van der Waals surface area (Å²) >= 11 is 1.30. The van der Waals surface area contributed by atoms with Crippen molar-refractivity contribution in [3.05, 3.63) is 64.2 Å². The molecule has 0 aliphatic heterocycles. The lowest BCUT2D eigenvalue weighted by Crippen LogP contribution is -2.19. The van der Waals surface area contributed by atoms with Gasteiger partial charge in [-0.2, -0.15) is 4.99 Å². The Labute approximate surface area is 149 Å². The average molecular weight is 358 g/mol. The highest BCUT2D eigenvalue weighted by atomic mass is 32.1. The van der Waals surface area contributed by atoms with E-state index in [0.717, 1.165) is 15.8 Å². The first kappa shape index (κ1) is 17.5. The fraction of sp³-hybridized carbons (Fsp3) is 0.263. The van der Waals surface area contributed by atoms with Gasteiger partial charge in [0.2, 0.25) is 0 Å². The molecule has 0 atom stereocenters. The van der Waals surface area contributed by atoms with Crippen molar-refractivity contribution < 1.29 is 13.9 Å². The summed E-state index contributed by atoms with van der Waals surface area (Å²) in [6.07, 6.45) is 0.